The average molecular weight is 146 g/mol. The van der Waals surface area contributed by atoms with Gasteiger partial charge in [0, 0.05) is 0 Å². The summed E-state index contributed by atoms with van der Waals surface area (Å²) >= 11 is -1.30. The summed E-state index contributed by atoms with van der Waals surface area (Å²) in [6, 6.07) is 0. The second-order valence-electron chi connectivity index (χ2n) is 1.69. The molecule has 3 heteroatoms. The summed E-state index contributed by atoms with van der Waals surface area (Å²) < 4.78 is 14.9. The molecule has 1 unspecified atom stereocenters. The van der Waals surface area contributed by atoms with Gasteiger partial charge in [-0.3, -0.25) is 4.18 Å². The van der Waals surface area contributed by atoms with E-state index in [0.717, 1.165) is 5.57 Å². The summed E-state index contributed by atoms with van der Waals surface area (Å²) in [7, 11) is 1.39. The molecule has 52 valence electrons. The largest absolute Gasteiger partial charge is 0.290 e. The van der Waals surface area contributed by atoms with Crippen LogP contribution in [0.1, 0.15) is 13.8 Å². The molecule has 0 aliphatic heterocycles. The highest BCUT2D eigenvalue weighted by molar-refractivity contribution is 7.83. The van der Waals surface area contributed by atoms with Crippen LogP contribution < -0.4 is 0 Å². The lowest BCUT2D eigenvalue weighted by Gasteiger charge is -1.83. The van der Waals surface area contributed by atoms with E-state index in [1.54, 1.807) is 0 Å². The van der Waals surface area contributed by atoms with Crippen molar-refractivity contribution in [2.75, 3.05) is 7.11 Å². The highest BCUT2D eigenvalue weighted by Gasteiger charge is 1.82. The minimum Gasteiger partial charge on any atom is -0.290 e. The lowest BCUT2D eigenvalue weighted by molar-refractivity contribution is 0.452. The van der Waals surface area contributed by atoms with Gasteiger partial charge in [-0.1, -0.05) is 0 Å². The molecule has 0 amide bonds. The van der Waals surface area contributed by atoms with Crippen LogP contribution in [-0.4, -0.2) is 11.3 Å². The van der Waals surface area contributed by atoms with Crippen molar-refractivity contribution in [2.24, 2.45) is 0 Å². The Morgan fingerprint density at radius 1 is 1.67 bits per heavy atom. The van der Waals surface area contributed by atoms with E-state index in [0.29, 0.717) is 0 Å². The Labute approximate surface area is 57.9 Å². The highest BCUT2D eigenvalue weighted by Crippen LogP contribution is 1.86. The van der Waals surface area contributed by atoms with Crippen LogP contribution in [0, 0.1) is 0 Å². The van der Waals surface area contributed by atoms with Gasteiger partial charge in [0.05, 0.1) is 12.5 Å². The molecule has 0 aromatic carbocycles. The lowest BCUT2D eigenvalue weighted by Crippen LogP contribution is -1.82. The standard InChI is InChI=1S/C6H10O2S/c1-6(2)4-5-9(7)8-3/h5H,1-3H3. The highest BCUT2D eigenvalue weighted by atomic mass is 32.2. The van der Waals surface area contributed by atoms with E-state index in [-0.39, 0.29) is 0 Å². The maximum Gasteiger partial charge on any atom is 0.189 e. The van der Waals surface area contributed by atoms with Crippen LogP contribution in [0.5, 0.6) is 0 Å². The van der Waals surface area contributed by atoms with Crippen molar-refractivity contribution in [1.29, 1.82) is 0 Å². The molecule has 2 nitrogen and oxygen atoms in total. The van der Waals surface area contributed by atoms with Crippen molar-refractivity contribution in [3.63, 3.8) is 0 Å². The van der Waals surface area contributed by atoms with Gasteiger partial charge in [-0.05, 0) is 19.4 Å². The maximum atomic E-state index is 10.5. The lowest BCUT2D eigenvalue weighted by atomic mass is 10.4. The number of hydrogen-bond donors (Lipinski definition) is 0. The Kier molecular flexibility index (Phi) is 4.32. The van der Waals surface area contributed by atoms with E-state index < -0.39 is 11.1 Å². The van der Waals surface area contributed by atoms with Gasteiger partial charge in [0.15, 0.2) is 11.1 Å². The van der Waals surface area contributed by atoms with Gasteiger partial charge in [0.1, 0.15) is 0 Å². The van der Waals surface area contributed by atoms with Gasteiger partial charge in [-0.15, -0.1) is 5.73 Å². The molecule has 9 heavy (non-hydrogen) atoms. The number of hydrogen-bond acceptors (Lipinski definition) is 2. The summed E-state index contributed by atoms with van der Waals surface area (Å²) in [5.41, 5.74) is 3.75. The first-order valence-electron chi connectivity index (χ1n) is 2.52. The number of rotatable bonds is 2. The third-order valence-corrected chi connectivity index (χ3v) is 1.25. The minimum atomic E-state index is -1.30. The van der Waals surface area contributed by atoms with Crippen molar-refractivity contribution in [1.82, 2.24) is 0 Å². The monoisotopic (exact) mass is 146 g/mol. The first-order chi connectivity index (χ1) is 4.16. The summed E-state index contributed by atoms with van der Waals surface area (Å²) in [4.78, 5) is 0. The zero-order valence-corrected chi connectivity index (χ0v) is 6.62. The van der Waals surface area contributed by atoms with Gasteiger partial charge in [0.25, 0.3) is 0 Å². The van der Waals surface area contributed by atoms with Crippen LogP contribution in [-0.2, 0) is 15.3 Å². The summed E-state index contributed by atoms with van der Waals surface area (Å²) in [5, 5.41) is 1.38. The van der Waals surface area contributed by atoms with E-state index in [4.69, 9.17) is 0 Å². The Bertz CT molecular complexity index is 162. The van der Waals surface area contributed by atoms with Crippen LogP contribution in [0.3, 0.4) is 0 Å². The third-order valence-electron chi connectivity index (χ3n) is 0.608. The van der Waals surface area contributed by atoms with Gasteiger partial charge in [-0.25, -0.2) is 4.21 Å². The molecular weight excluding hydrogens is 136 g/mol. The topological polar surface area (TPSA) is 26.3 Å². The predicted octanol–water partition coefficient (Wildman–Crippen LogP) is 1.38. The molecule has 0 bridgehead atoms. The van der Waals surface area contributed by atoms with Crippen LogP contribution in [0.25, 0.3) is 0 Å². The van der Waals surface area contributed by atoms with Crippen molar-refractivity contribution in [3.05, 3.63) is 16.7 Å². The first-order valence-corrected chi connectivity index (χ1v) is 3.65. The second kappa shape index (κ2) is 4.50. The Morgan fingerprint density at radius 3 is 2.56 bits per heavy atom. The molecule has 0 aliphatic rings. The fourth-order valence-electron chi connectivity index (χ4n) is 0.214. The molecular formula is C6H10O2S. The molecule has 0 N–H and O–H groups in total. The fourth-order valence-corrected chi connectivity index (χ4v) is 0.642. The third kappa shape index (κ3) is 5.50. The number of allylic oxidation sites excluding steroid dienone is 1. The maximum absolute atomic E-state index is 10.5. The molecule has 0 fully saturated rings. The molecule has 0 saturated carbocycles. The van der Waals surface area contributed by atoms with Crippen LogP contribution in [0.2, 0.25) is 0 Å². The average Bonchev–Trinajstić information content (AvgIpc) is 1.83. The molecule has 0 aromatic heterocycles. The quantitative estimate of drug-likeness (QED) is 0.550. The molecule has 0 spiro atoms. The second-order valence-corrected chi connectivity index (χ2v) is 2.78. The Hall–Kier alpha value is -0.370. The molecule has 0 saturated heterocycles. The van der Waals surface area contributed by atoms with E-state index in [9.17, 15) is 4.21 Å². The zero-order valence-electron chi connectivity index (χ0n) is 5.80. The van der Waals surface area contributed by atoms with E-state index in [2.05, 4.69) is 9.91 Å². The van der Waals surface area contributed by atoms with E-state index in [1.165, 1.54) is 12.5 Å². The summed E-state index contributed by atoms with van der Waals surface area (Å²) in [6.45, 7) is 3.76. The summed E-state index contributed by atoms with van der Waals surface area (Å²) in [5.74, 6) is 0. The predicted molar refractivity (Wildman–Crippen MR) is 38.1 cm³/mol. The van der Waals surface area contributed by atoms with E-state index >= 15 is 0 Å². The SMILES string of the molecule is COS(=O)C=C=C(C)C. The van der Waals surface area contributed by atoms with Gasteiger partial charge < -0.3 is 0 Å². The molecule has 0 radical (unpaired) electrons. The van der Waals surface area contributed by atoms with Crippen LogP contribution >= 0.6 is 0 Å². The Morgan fingerprint density at radius 2 is 2.22 bits per heavy atom. The Balaban J connectivity index is 4.00. The van der Waals surface area contributed by atoms with Gasteiger partial charge in [0.2, 0.25) is 0 Å². The van der Waals surface area contributed by atoms with Crippen molar-refractivity contribution < 1.29 is 8.39 Å². The van der Waals surface area contributed by atoms with Gasteiger partial charge in [-0.2, -0.15) is 0 Å². The zero-order chi connectivity index (χ0) is 7.28. The molecule has 0 aliphatic carbocycles. The molecule has 1 atom stereocenters. The first kappa shape index (κ1) is 8.63. The van der Waals surface area contributed by atoms with Crippen molar-refractivity contribution in [2.45, 2.75) is 13.8 Å². The summed E-state index contributed by atoms with van der Waals surface area (Å²) in [6.07, 6.45) is 0. The fraction of sp³-hybridized carbons (Fsp3) is 0.500. The van der Waals surface area contributed by atoms with Crippen molar-refractivity contribution in [3.8, 4) is 0 Å². The van der Waals surface area contributed by atoms with Crippen molar-refractivity contribution >= 4 is 11.1 Å². The van der Waals surface area contributed by atoms with Gasteiger partial charge >= 0.3 is 0 Å². The van der Waals surface area contributed by atoms with E-state index in [1.807, 2.05) is 13.8 Å². The molecule has 0 aromatic rings. The molecule has 0 rings (SSSR count). The molecule has 0 heterocycles. The van der Waals surface area contributed by atoms with Crippen LogP contribution in [0.4, 0.5) is 0 Å². The minimum absolute atomic E-state index is 0.986. The smallest absolute Gasteiger partial charge is 0.189 e. The normalized spacial score (nSPS) is 11.9. The van der Waals surface area contributed by atoms with Crippen LogP contribution in [0.15, 0.2) is 16.7 Å².